The minimum Gasteiger partial charge on any atom is -0.462 e. The Morgan fingerprint density at radius 1 is 0.838 bits per heavy atom. The highest BCUT2D eigenvalue weighted by atomic mass is 16.5. The minimum absolute atomic E-state index is 0.178. The normalized spacial score (nSPS) is 23.5. The fraction of sp³-hybridized carbons (Fsp3) is 0.207. The van der Waals surface area contributed by atoms with Crippen LogP contribution in [0, 0.1) is 11.8 Å². The highest BCUT2D eigenvalue weighted by Crippen LogP contribution is 2.57. The van der Waals surface area contributed by atoms with Crippen molar-refractivity contribution in [3.63, 3.8) is 0 Å². The Morgan fingerprint density at radius 3 is 2.03 bits per heavy atom. The monoisotopic (exact) mass is 495 g/mol. The van der Waals surface area contributed by atoms with Gasteiger partial charge in [0.1, 0.15) is 0 Å². The van der Waals surface area contributed by atoms with Crippen molar-refractivity contribution in [1.29, 1.82) is 0 Å². The Balaban J connectivity index is 1.46. The molecule has 2 amide bonds. The van der Waals surface area contributed by atoms with Gasteiger partial charge in [0.25, 0.3) is 0 Å². The van der Waals surface area contributed by atoms with Crippen molar-refractivity contribution in [3.05, 3.63) is 101 Å². The van der Waals surface area contributed by atoms with E-state index in [9.17, 15) is 24.0 Å². The zero-order chi connectivity index (χ0) is 25.9. The first kappa shape index (κ1) is 23.0. The summed E-state index contributed by atoms with van der Waals surface area (Å²) in [5.74, 6) is -5.41. The molecular formula is C29H21NO7. The number of nitrogens with zero attached hydrogens (tertiary/aromatic N) is 1. The third kappa shape index (κ3) is 3.09. The van der Waals surface area contributed by atoms with Crippen molar-refractivity contribution < 1.29 is 33.4 Å². The summed E-state index contributed by atoms with van der Waals surface area (Å²) in [7, 11) is 0. The van der Waals surface area contributed by atoms with E-state index in [1.165, 1.54) is 36.4 Å². The summed E-state index contributed by atoms with van der Waals surface area (Å²) in [5, 5.41) is 0. The molecule has 3 atom stereocenters. The Labute approximate surface area is 211 Å². The van der Waals surface area contributed by atoms with E-state index in [0.29, 0.717) is 5.56 Å². The molecule has 3 aromatic carbocycles. The van der Waals surface area contributed by atoms with Crippen molar-refractivity contribution >= 4 is 35.0 Å². The lowest BCUT2D eigenvalue weighted by Gasteiger charge is -2.27. The number of carbonyl (C=O) groups is 5. The molecule has 1 spiro atoms. The van der Waals surface area contributed by atoms with Gasteiger partial charge in [-0.3, -0.25) is 19.2 Å². The molecule has 0 aromatic heterocycles. The van der Waals surface area contributed by atoms with Crippen LogP contribution in [0.3, 0.4) is 0 Å². The molecule has 0 saturated carbocycles. The molecule has 184 valence electrons. The zero-order valence-electron chi connectivity index (χ0n) is 19.7. The van der Waals surface area contributed by atoms with E-state index in [-0.39, 0.29) is 29.0 Å². The van der Waals surface area contributed by atoms with Gasteiger partial charge in [0, 0.05) is 11.1 Å². The van der Waals surface area contributed by atoms with Crippen molar-refractivity contribution in [1.82, 2.24) is 0 Å². The molecule has 0 N–H and O–H groups in total. The second-order valence-electron chi connectivity index (χ2n) is 9.17. The Kier molecular flexibility index (Phi) is 5.17. The van der Waals surface area contributed by atoms with Gasteiger partial charge in [-0.1, -0.05) is 54.6 Å². The third-order valence-electron chi connectivity index (χ3n) is 7.28. The van der Waals surface area contributed by atoms with Crippen LogP contribution in [0.25, 0.3) is 0 Å². The number of Topliss-reactive ketones (excluding diaryl/α,β-unsaturated/α-hetero) is 2. The van der Waals surface area contributed by atoms with E-state index in [0.717, 1.165) is 4.90 Å². The van der Waals surface area contributed by atoms with Crippen molar-refractivity contribution in [3.8, 4) is 0 Å². The van der Waals surface area contributed by atoms with Crippen LogP contribution in [0.5, 0.6) is 0 Å². The first-order chi connectivity index (χ1) is 17.9. The van der Waals surface area contributed by atoms with Crippen LogP contribution in [0.2, 0.25) is 0 Å². The maximum absolute atomic E-state index is 13.9. The highest BCUT2D eigenvalue weighted by Gasteiger charge is 2.74. The summed E-state index contributed by atoms with van der Waals surface area (Å²) in [6, 6.07) is 21.0. The number of anilines is 1. The van der Waals surface area contributed by atoms with Gasteiger partial charge in [-0.2, -0.15) is 0 Å². The van der Waals surface area contributed by atoms with E-state index in [4.69, 9.17) is 9.47 Å². The first-order valence-corrected chi connectivity index (χ1v) is 12.0. The maximum atomic E-state index is 13.9. The van der Waals surface area contributed by atoms with E-state index in [2.05, 4.69) is 0 Å². The number of rotatable bonds is 4. The lowest BCUT2D eigenvalue weighted by molar-refractivity contribution is -0.127. The van der Waals surface area contributed by atoms with E-state index >= 15 is 0 Å². The van der Waals surface area contributed by atoms with Crippen LogP contribution < -0.4 is 4.90 Å². The molecule has 3 aliphatic rings. The molecule has 3 aromatic rings. The van der Waals surface area contributed by atoms with E-state index in [1.54, 1.807) is 49.4 Å². The number of carbonyl (C=O) groups excluding carboxylic acids is 5. The summed E-state index contributed by atoms with van der Waals surface area (Å²) in [6.07, 6.45) is -0.978. The molecule has 0 bridgehead atoms. The quantitative estimate of drug-likeness (QED) is 0.309. The van der Waals surface area contributed by atoms with Crippen LogP contribution in [-0.4, -0.2) is 41.6 Å². The fourth-order valence-electron chi connectivity index (χ4n) is 5.68. The fourth-order valence-corrected chi connectivity index (χ4v) is 5.68. The number of fused-ring (bicyclic) bond motifs is 3. The van der Waals surface area contributed by atoms with Gasteiger partial charge in [-0.25, -0.2) is 9.69 Å². The topological polar surface area (TPSA) is 107 Å². The van der Waals surface area contributed by atoms with Gasteiger partial charge < -0.3 is 9.47 Å². The number of esters is 1. The average molecular weight is 495 g/mol. The Bertz CT molecular complexity index is 1440. The van der Waals surface area contributed by atoms with Crippen LogP contribution in [0.1, 0.15) is 49.7 Å². The van der Waals surface area contributed by atoms with Crippen molar-refractivity contribution in [2.75, 3.05) is 11.5 Å². The van der Waals surface area contributed by atoms with E-state index in [1.807, 2.05) is 0 Å². The van der Waals surface area contributed by atoms with Gasteiger partial charge in [0.15, 0.2) is 0 Å². The number of hydrogen-bond donors (Lipinski definition) is 0. The van der Waals surface area contributed by atoms with E-state index < -0.39 is 52.9 Å². The number of benzene rings is 3. The van der Waals surface area contributed by atoms with Crippen molar-refractivity contribution in [2.45, 2.75) is 18.6 Å². The third-order valence-corrected chi connectivity index (χ3v) is 7.28. The number of ketones is 2. The maximum Gasteiger partial charge on any atom is 0.338 e. The van der Waals surface area contributed by atoms with Gasteiger partial charge >= 0.3 is 5.97 Å². The molecule has 2 fully saturated rings. The van der Waals surface area contributed by atoms with Crippen LogP contribution in [0.4, 0.5) is 5.69 Å². The number of imide groups is 1. The largest absolute Gasteiger partial charge is 0.462 e. The van der Waals surface area contributed by atoms with Gasteiger partial charge in [0.2, 0.25) is 29.0 Å². The molecule has 0 radical (unpaired) electrons. The lowest BCUT2D eigenvalue weighted by Crippen LogP contribution is -2.51. The van der Waals surface area contributed by atoms with Crippen molar-refractivity contribution in [2.24, 2.45) is 11.8 Å². The van der Waals surface area contributed by atoms with Gasteiger partial charge in [-0.05, 0) is 36.8 Å². The average Bonchev–Trinajstić information content (AvgIpc) is 3.49. The second kappa shape index (κ2) is 8.31. The molecule has 2 saturated heterocycles. The van der Waals surface area contributed by atoms with Crippen LogP contribution in [0.15, 0.2) is 78.9 Å². The summed E-state index contributed by atoms with van der Waals surface area (Å²) in [5.41, 5.74) is -0.680. The molecule has 2 heterocycles. The molecule has 37 heavy (non-hydrogen) atoms. The predicted molar refractivity (Wildman–Crippen MR) is 130 cm³/mol. The number of hydrogen-bond acceptors (Lipinski definition) is 7. The summed E-state index contributed by atoms with van der Waals surface area (Å²) in [6.45, 7) is 1.90. The minimum atomic E-state index is -2.12. The predicted octanol–water partition coefficient (Wildman–Crippen LogP) is 3.56. The second-order valence-corrected chi connectivity index (χ2v) is 9.17. The Morgan fingerprint density at radius 2 is 1.43 bits per heavy atom. The summed E-state index contributed by atoms with van der Waals surface area (Å²) in [4.78, 5) is 68.3. The lowest BCUT2D eigenvalue weighted by atomic mass is 9.77. The molecule has 2 aliphatic heterocycles. The van der Waals surface area contributed by atoms with Crippen LogP contribution in [-0.2, 0) is 19.1 Å². The number of amides is 2. The van der Waals surface area contributed by atoms with Gasteiger partial charge in [0.05, 0.1) is 35.8 Å². The molecule has 0 unspecified atom stereocenters. The smallest absolute Gasteiger partial charge is 0.338 e. The molecular weight excluding hydrogens is 474 g/mol. The summed E-state index contributed by atoms with van der Waals surface area (Å²) >= 11 is 0. The SMILES string of the molecule is CCOC(=O)c1ccc(N2C(=O)[C@H]3[C@@H](C2=O)C2(O[C@H]3c3ccccc3)C(=O)c3ccccc3C2=O)cc1. The first-order valence-electron chi connectivity index (χ1n) is 12.0. The molecule has 8 nitrogen and oxygen atoms in total. The molecule has 8 heteroatoms. The Hall–Kier alpha value is -4.43. The van der Waals surface area contributed by atoms with Crippen LogP contribution >= 0.6 is 0 Å². The summed E-state index contributed by atoms with van der Waals surface area (Å²) < 4.78 is 11.2. The standard InChI is InChI=1S/C29H21NO7/c1-2-36-28(35)17-12-14-18(15-13-17)30-26(33)21-22(27(30)34)29(37-23(21)16-8-4-3-5-9-16)24(31)19-10-6-7-11-20(19)25(29)32/h3-15,21-23H,2H2,1H3/t21-,22-,23-/m0/s1. The van der Waals surface area contributed by atoms with Gasteiger partial charge in [-0.15, -0.1) is 0 Å². The zero-order valence-corrected chi connectivity index (χ0v) is 19.7. The number of ether oxygens (including phenoxy) is 2. The highest BCUT2D eigenvalue weighted by molar-refractivity contribution is 6.37. The molecule has 1 aliphatic carbocycles. The molecule has 6 rings (SSSR count).